The van der Waals surface area contributed by atoms with Crippen molar-refractivity contribution < 1.29 is 4.79 Å². The maximum Gasteiger partial charge on any atom is 0.220 e. The number of hydrogen-bond donors (Lipinski definition) is 2. The average Bonchev–Trinajstić information content (AvgIpc) is 2.79. The van der Waals surface area contributed by atoms with E-state index in [-0.39, 0.29) is 5.91 Å². The minimum atomic E-state index is 0.167. The predicted molar refractivity (Wildman–Crippen MR) is 68.9 cm³/mol. The lowest BCUT2D eigenvalue weighted by atomic mass is 10.1. The van der Waals surface area contributed by atoms with Gasteiger partial charge in [-0.15, -0.1) is 0 Å². The highest BCUT2D eigenvalue weighted by Gasteiger charge is 2.16. The van der Waals surface area contributed by atoms with E-state index in [1.807, 2.05) is 6.07 Å². The maximum atomic E-state index is 11.7. The lowest BCUT2D eigenvalue weighted by Gasteiger charge is -2.11. The van der Waals surface area contributed by atoms with Gasteiger partial charge in [0, 0.05) is 19.0 Å². The SMILES string of the molecule is Cc1cccc(CCC(=O)N[C@H]2CCNC2)c1. The highest BCUT2D eigenvalue weighted by Crippen LogP contribution is 2.07. The Hall–Kier alpha value is -1.35. The highest BCUT2D eigenvalue weighted by atomic mass is 16.1. The molecule has 1 aromatic carbocycles. The lowest BCUT2D eigenvalue weighted by Crippen LogP contribution is -2.36. The summed E-state index contributed by atoms with van der Waals surface area (Å²) in [6, 6.07) is 8.68. The van der Waals surface area contributed by atoms with Gasteiger partial charge in [0.15, 0.2) is 0 Å². The summed E-state index contributed by atoms with van der Waals surface area (Å²) in [6.45, 7) is 4.01. The van der Waals surface area contributed by atoms with Gasteiger partial charge in [0.05, 0.1) is 0 Å². The van der Waals surface area contributed by atoms with Crippen molar-refractivity contribution in [2.24, 2.45) is 0 Å². The first-order valence-electron chi connectivity index (χ1n) is 6.29. The Morgan fingerprint density at radius 2 is 2.41 bits per heavy atom. The monoisotopic (exact) mass is 232 g/mol. The van der Waals surface area contributed by atoms with E-state index in [9.17, 15) is 4.79 Å². The van der Waals surface area contributed by atoms with Crippen LogP contribution in [0.5, 0.6) is 0 Å². The van der Waals surface area contributed by atoms with Crippen LogP contribution in [0.1, 0.15) is 24.0 Å². The fourth-order valence-corrected chi connectivity index (χ4v) is 2.20. The van der Waals surface area contributed by atoms with Crippen molar-refractivity contribution in [2.75, 3.05) is 13.1 Å². The molecule has 0 aromatic heterocycles. The number of rotatable bonds is 4. The molecule has 1 heterocycles. The first-order valence-corrected chi connectivity index (χ1v) is 6.29. The number of benzene rings is 1. The van der Waals surface area contributed by atoms with E-state index < -0.39 is 0 Å². The topological polar surface area (TPSA) is 41.1 Å². The van der Waals surface area contributed by atoms with Gasteiger partial charge in [0.1, 0.15) is 0 Å². The molecule has 2 rings (SSSR count). The van der Waals surface area contributed by atoms with E-state index in [2.05, 4.69) is 35.8 Å². The molecule has 92 valence electrons. The molecule has 1 atom stereocenters. The molecular formula is C14H20N2O. The molecule has 3 heteroatoms. The van der Waals surface area contributed by atoms with Gasteiger partial charge in [-0.3, -0.25) is 4.79 Å². The second-order valence-corrected chi connectivity index (χ2v) is 4.75. The number of amides is 1. The zero-order valence-corrected chi connectivity index (χ0v) is 10.3. The van der Waals surface area contributed by atoms with E-state index in [1.54, 1.807) is 0 Å². The number of nitrogens with one attached hydrogen (secondary N) is 2. The second kappa shape index (κ2) is 5.82. The lowest BCUT2D eigenvalue weighted by molar-refractivity contribution is -0.121. The van der Waals surface area contributed by atoms with Gasteiger partial charge in [-0.2, -0.15) is 0 Å². The summed E-state index contributed by atoms with van der Waals surface area (Å²) in [7, 11) is 0. The molecule has 17 heavy (non-hydrogen) atoms. The molecule has 1 fully saturated rings. The predicted octanol–water partition coefficient (Wildman–Crippen LogP) is 1.41. The molecule has 3 nitrogen and oxygen atoms in total. The number of aryl methyl sites for hydroxylation is 2. The van der Waals surface area contributed by atoms with Crippen molar-refractivity contribution in [3.63, 3.8) is 0 Å². The molecule has 2 N–H and O–H groups in total. The zero-order valence-electron chi connectivity index (χ0n) is 10.3. The van der Waals surface area contributed by atoms with Crippen LogP contribution in [0.15, 0.2) is 24.3 Å². The summed E-state index contributed by atoms with van der Waals surface area (Å²) in [5.41, 5.74) is 2.49. The Morgan fingerprint density at radius 3 is 3.12 bits per heavy atom. The highest BCUT2D eigenvalue weighted by molar-refractivity contribution is 5.76. The first-order chi connectivity index (χ1) is 8.24. The molecule has 1 saturated heterocycles. The second-order valence-electron chi connectivity index (χ2n) is 4.75. The van der Waals surface area contributed by atoms with E-state index in [0.29, 0.717) is 12.5 Å². The molecule has 0 spiro atoms. The number of carbonyl (C=O) groups is 1. The van der Waals surface area contributed by atoms with Crippen molar-refractivity contribution in [3.05, 3.63) is 35.4 Å². The zero-order chi connectivity index (χ0) is 12.1. The van der Waals surface area contributed by atoms with Gasteiger partial charge in [-0.05, 0) is 31.9 Å². The number of hydrogen-bond acceptors (Lipinski definition) is 2. The molecule has 1 aliphatic heterocycles. The van der Waals surface area contributed by atoms with Gasteiger partial charge in [-0.25, -0.2) is 0 Å². The average molecular weight is 232 g/mol. The Morgan fingerprint density at radius 1 is 1.53 bits per heavy atom. The maximum absolute atomic E-state index is 11.7. The van der Waals surface area contributed by atoms with Crippen LogP contribution in [-0.4, -0.2) is 25.0 Å². The first kappa shape index (κ1) is 12.1. The van der Waals surface area contributed by atoms with Crippen molar-refractivity contribution >= 4 is 5.91 Å². The van der Waals surface area contributed by atoms with E-state index >= 15 is 0 Å². The molecule has 0 saturated carbocycles. The molecule has 1 amide bonds. The van der Waals surface area contributed by atoms with Crippen molar-refractivity contribution in [1.82, 2.24) is 10.6 Å². The largest absolute Gasteiger partial charge is 0.352 e. The Kier molecular flexibility index (Phi) is 4.15. The molecule has 0 unspecified atom stereocenters. The fraction of sp³-hybridized carbons (Fsp3) is 0.500. The molecule has 0 bridgehead atoms. The van der Waals surface area contributed by atoms with Gasteiger partial charge in [0.25, 0.3) is 0 Å². The molecule has 1 aromatic rings. The van der Waals surface area contributed by atoms with Crippen LogP contribution in [0.3, 0.4) is 0 Å². The minimum Gasteiger partial charge on any atom is -0.352 e. The molecule has 1 aliphatic rings. The van der Waals surface area contributed by atoms with Gasteiger partial charge < -0.3 is 10.6 Å². The van der Waals surface area contributed by atoms with Gasteiger partial charge >= 0.3 is 0 Å². The van der Waals surface area contributed by atoms with Crippen molar-refractivity contribution in [2.45, 2.75) is 32.2 Å². The van der Waals surface area contributed by atoms with Crippen LogP contribution in [0, 0.1) is 6.92 Å². The smallest absolute Gasteiger partial charge is 0.220 e. The third-order valence-electron chi connectivity index (χ3n) is 3.15. The Balaban J connectivity index is 1.75. The summed E-state index contributed by atoms with van der Waals surface area (Å²) in [5, 5.41) is 6.31. The van der Waals surface area contributed by atoms with Crippen LogP contribution >= 0.6 is 0 Å². The van der Waals surface area contributed by atoms with E-state index in [1.165, 1.54) is 11.1 Å². The molecule has 0 radical (unpaired) electrons. The molecular weight excluding hydrogens is 212 g/mol. The van der Waals surface area contributed by atoms with Crippen LogP contribution in [0.25, 0.3) is 0 Å². The summed E-state index contributed by atoms with van der Waals surface area (Å²) >= 11 is 0. The van der Waals surface area contributed by atoms with Crippen LogP contribution < -0.4 is 10.6 Å². The number of carbonyl (C=O) groups excluding carboxylic acids is 1. The third kappa shape index (κ3) is 3.86. The molecule has 0 aliphatic carbocycles. The van der Waals surface area contributed by atoms with E-state index in [0.717, 1.165) is 25.9 Å². The summed E-state index contributed by atoms with van der Waals surface area (Å²) in [4.78, 5) is 11.7. The van der Waals surface area contributed by atoms with Crippen molar-refractivity contribution in [3.8, 4) is 0 Å². The van der Waals surface area contributed by atoms with Crippen LogP contribution in [0.4, 0.5) is 0 Å². The quantitative estimate of drug-likeness (QED) is 0.824. The van der Waals surface area contributed by atoms with Gasteiger partial charge in [-0.1, -0.05) is 29.8 Å². The normalized spacial score (nSPS) is 19.2. The Labute approximate surface area is 103 Å². The standard InChI is InChI=1S/C14H20N2O/c1-11-3-2-4-12(9-11)5-6-14(17)16-13-7-8-15-10-13/h2-4,9,13,15H,5-8,10H2,1H3,(H,16,17)/t13-/m0/s1. The summed E-state index contributed by atoms with van der Waals surface area (Å²) in [6.07, 6.45) is 2.46. The van der Waals surface area contributed by atoms with Gasteiger partial charge in [0.2, 0.25) is 5.91 Å². The fourth-order valence-electron chi connectivity index (χ4n) is 2.20. The van der Waals surface area contributed by atoms with Crippen molar-refractivity contribution in [1.29, 1.82) is 0 Å². The Bertz CT molecular complexity index is 384. The summed E-state index contributed by atoms with van der Waals surface area (Å²) in [5.74, 6) is 0.167. The van der Waals surface area contributed by atoms with Crippen LogP contribution in [0.2, 0.25) is 0 Å². The summed E-state index contributed by atoms with van der Waals surface area (Å²) < 4.78 is 0. The minimum absolute atomic E-state index is 0.167. The van der Waals surface area contributed by atoms with E-state index in [4.69, 9.17) is 0 Å². The van der Waals surface area contributed by atoms with Crippen LogP contribution in [-0.2, 0) is 11.2 Å². The third-order valence-corrected chi connectivity index (χ3v) is 3.15.